The average molecular weight is 422 g/mol. The van der Waals surface area contributed by atoms with E-state index in [1.165, 1.54) is 0 Å². The Balaban J connectivity index is 1.83. The van der Waals surface area contributed by atoms with Crippen molar-refractivity contribution in [2.24, 2.45) is 5.92 Å². The number of nitrogens with one attached hydrogen (secondary N) is 3. The number of benzene rings is 1. The highest BCUT2D eigenvalue weighted by molar-refractivity contribution is 7.90. The molecule has 3 N–H and O–H groups in total. The van der Waals surface area contributed by atoms with Crippen LogP contribution in [0, 0.1) is 5.92 Å². The van der Waals surface area contributed by atoms with E-state index in [1.54, 1.807) is 39.0 Å². The Labute approximate surface area is 165 Å². The van der Waals surface area contributed by atoms with E-state index in [9.17, 15) is 13.2 Å². The highest BCUT2D eigenvalue weighted by Gasteiger charge is 2.34. The van der Waals surface area contributed by atoms with Gasteiger partial charge in [0.15, 0.2) is 0 Å². The van der Waals surface area contributed by atoms with Gasteiger partial charge in [-0.1, -0.05) is 23.2 Å². The van der Waals surface area contributed by atoms with Crippen LogP contribution in [0.25, 0.3) is 0 Å². The van der Waals surface area contributed by atoms with Gasteiger partial charge in [0.2, 0.25) is 15.9 Å². The lowest BCUT2D eigenvalue weighted by molar-refractivity contribution is -0.125. The number of rotatable bonds is 5. The van der Waals surface area contributed by atoms with Crippen molar-refractivity contribution in [2.45, 2.75) is 57.2 Å². The first-order valence-corrected chi connectivity index (χ1v) is 10.8. The van der Waals surface area contributed by atoms with Gasteiger partial charge in [-0.25, -0.2) is 13.1 Å². The van der Waals surface area contributed by atoms with Crippen LogP contribution in [-0.4, -0.2) is 25.1 Å². The summed E-state index contributed by atoms with van der Waals surface area (Å²) in [6.45, 7) is 5.01. The number of amides is 1. The van der Waals surface area contributed by atoms with Crippen LogP contribution in [0.15, 0.2) is 18.2 Å². The van der Waals surface area contributed by atoms with E-state index in [4.69, 9.17) is 23.2 Å². The second-order valence-corrected chi connectivity index (χ2v) is 10.8. The first kappa shape index (κ1) is 21.3. The molecule has 26 heavy (non-hydrogen) atoms. The second kappa shape index (κ2) is 8.33. The highest BCUT2D eigenvalue weighted by atomic mass is 35.5. The third-order valence-electron chi connectivity index (χ3n) is 4.48. The topological polar surface area (TPSA) is 87.3 Å². The molecule has 1 amide bonds. The second-order valence-electron chi connectivity index (χ2n) is 7.52. The van der Waals surface area contributed by atoms with Crippen LogP contribution in [0.3, 0.4) is 0 Å². The molecular formula is C17H25Cl2N3O3S. The third-order valence-corrected chi connectivity index (χ3v) is 7.28. The summed E-state index contributed by atoms with van der Waals surface area (Å²) in [5, 5.41) is 0.931. The normalized spacial score (nSPS) is 21.3. The van der Waals surface area contributed by atoms with Crippen LogP contribution in [0.2, 0.25) is 10.0 Å². The number of hydrogen-bond donors (Lipinski definition) is 3. The Morgan fingerprint density at radius 1 is 1.12 bits per heavy atom. The van der Waals surface area contributed by atoms with Crippen molar-refractivity contribution in [2.75, 3.05) is 5.43 Å². The van der Waals surface area contributed by atoms with E-state index in [2.05, 4.69) is 15.6 Å². The van der Waals surface area contributed by atoms with Gasteiger partial charge in [0.25, 0.3) is 0 Å². The minimum Gasteiger partial charge on any atom is -0.297 e. The summed E-state index contributed by atoms with van der Waals surface area (Å²) < 4.78 is 26.4. The van der Waals surface area contributed by atoms with Gasteiger partial charge in [-0.05, 0) is 64.7 Å². The molecule has 1 aliphatic carbocycles. The maximum Gasteiger partial charge on any atom is 0.241 e. The molecule has 0 radical (unpaired) electrons. The van der Waals surface area contributed by atoms with Crippen molar-refractivity contribution >= 4 is 44.8 Å². The zero-order chi connectivity index (χ0) is 19.5. The van der Waals surface area contributed by atoms with E-state index >= 15 is 0 Å². The zero-order valence-corrected chi connectivity index (χ0v) is 17.4. The van der Waals surface area contributed by atoms with Crippen molar-refractivity contribution in [1.82, 2.24) is 10.1 Å². The molecule has 146 valence electrons. The van der Waals surface area contributed by atoms with Crippen LogP contribution in [0.5, 0.6) is 0 Å². The summed E-state index contributed by atoms with van der Waals surface area (Å²) in [5.41, 5.74) is 6.03. The standard InChI is InChI=1S/C17H25Cl2N3O3S/c1-17(2,3)26(24,25)22-13-7-4-11(5-8-13)16(23)21-20-15-9-6-12(18)10-14(15)19/h6,9-11,13,20,22H,4-5,7-8H2,1-3H3,(H,21,23). The third kappa shape index (κ3) is 5.49. The molecule has 1 aromatic rings. The molecule has 0 spiro atoms. The van der Waals surface area contributed by atoms with Crippen molar-refractivity contribution < 1.29 is 13.2 Å². The Morgan fingerprint density at radius 3 is 2.27 bits per heavy atom. The molecule has 9 heteroatoms. The minimum atomic E-state index is -3.38. The molecule has 1 aliphatic rings. The Hall–Kier alpha value is -1.02. The zero-order valence-electron chi connectivity index (χ0n) is 15.1. The molecule has 0 bridgehead atoms. The lowest BCUT2D eigenvalue weighted by atomic mass is 9.86. The van der Waals surface area contributed by atoms with Gasteiger partial charge in [-0.15, -0.1) is 0 Å². The lowest BCUT2D eigenvalue weighted by Gasteiger charge is -2.30. The lowest BCUT2D eigenvalue weighted by Crippen LogP contribution is -2.47. The van der Waals surface area contributed by atoms with Crippen LogP contribution in [0.4, 0.5) is 5.69 Å². The molecule has 1 fully saturated rings. The molecule has 0 aromatic heterocycles. The monoisotopic (exact) mass is 421 g/mol. The Kier molecular flexibility index (Phi) is 6.82. The van der Waals surface area contributed by atoms with Crippen LogP contribution < -0.4 is 15.6 Å². The summed E-state index contributed by atoms with van der Waals surface area (Å²) in [6, 6.07) is 4.82. The van der Waals surface area contributed by atoms with Gasteiger partial charge >= 0.3 is 0 Å². The number of anilines is 1. The largest absolute Gasteiger partial charge is 0.297 e. The van der Waals surface area contributed by atoms with Gasteiger partial charge in [0.05, 0.1) is 15.5 Å². The van der Waals surface area contributed by atoms with E-state index < -0.39 is 14.8 Å². The van der Waals surface area contributed by atoms with Gasteiger partial charge < -0.3 is 0 Å². The van der Waals surface area contributed by atoms with Crippen LogP contribution in [-0.2, 0) is 14.8 Å². The van der Waals surface area contributed by atoms with Crippen molar-refractivity contribution in [3.8, 4) is 0 Å². The van der Waals surface area contributed by atoms with E-state index in [1.807, 2.05) is 0 Å². The van der Waals surface area contributed by atoms with Crippen molar-refractivity contribution in [3.05, 3.63) is 28.2 Å². The molecule has 1 aromatic carbocycles. The molecule has 0 saturated heterocycles. The SMILES string of the molecule is CC(C)(C)S(=O)(=O)NC1CCC(C(=O)NNc2ccc(Cl)cc2Cl)CC1. The molecule has 1 saturated carbocycles. The molecule has 0 unspecified atom stereocenters. The number of carbonyl (C=O) groups excluding carboxylic acids is 1. The summed E-state index contributed by atoms with van der Waals surface area (Å²) in [7, 11) is -3.38. The quantitative estimate of drug-likeness (QED) is 0.632. The fourth-order valence-corrected chi connectivity index (χ4v) is 4.18. The molecule has 0 heterocycles. The first-order valence-electron chi connectivity index (χ1n) is 8.52. The number of halogens is 2. The van der Waals surface area contributed by atoms with Gasteiger partial charge in [0.1, 0.15) is 0 Å². The smallest absolute Gasteiger partial charge is 0.241 e. The van der Waals surface area contributed by atoms with Crippen LogP contribution in [0.1, 0.15) is 46.5 Å². The number of hydrogen-bond acceptors (Lipinski definition) is 4. The van der Waals surface area contributed by atoms with Crippen LogP contribution >= 0.6 is 23.2 Å². The summed E-state index contributed by atoms with van der Waals surface area (Å²) in [6.07, 6.45) is 2.52. The summed E-state index contributed by atoms with van der Waals surface area (Å²) in [5.74, 6) is -0.294. The molecule has 6 nitrogen and oxygen atoms in total. The summed E-state index contributed by atoms with van der Waals surface area (Å²) >= 11 is 11.9. The van der Waals surface area contributed by atoms with E-state index in [0.29, 0.717) is 41.4 Å². The van der Waals surface area contributed by atoms with E-state index in [-0.39, 0.29) is 17.9 Å². The van der Waals surface area contributed by atoms with Crippen molar-refractivity contribution in [1.29, 1.82) is 0 Å². The molecular weight excluding hydrogens is 397 g/mol. The predicted molar refractivity (Wildman–Crippen MR) is 106 cm³/mol. The fraction of sp³-hybridized carbons (Fsp3) is 0.588. The maximum absolute atomic E-state index is 12.3. The molecule has 0 atom stereocenters. The average Bonchev–Trinajstić information content (AvgIpc) is 2.53. The van der Waals surface area contributed by atoms with Crippen molar-refractivity contribution in [3.63, 3.8) is 0 Å². The predicted octanol–water partition coefficient (Wildman–Crippen LogP) is 3.71. The maximum atomic E-state index is 12.3. The van der Waals surface area contributed by atoms with Gasteiger partial charge in [-0.2, -0.15) is 0 Å². The molecule has 2 rings (SSSR count). The number of carbonyl (C=O) groups is 1. The van der Waals surface area contributed by atoms with Gasteiger partial charge in [0, 0.05) is 17.0 Å². The van der Waals surface area contributed by atoms with E-state index in [0.717, 1.165) is 0 Å². The number of sulfonamides is 1. The summed E-state index contributed by atoms with van der Waals surface area (Å²) in [4.78, 5) is 12.3. The Bertz CT molecular complexity index is 755. The highest BCUT2D eigenvalue weighted by Crippen LogP contribution is 2.27. The molecule has 0 aliphatic heterocycles. The first-order chi connectivity index (χ1) is 12.0. The Morgan fingerprint density at radius 2 is 1.73 bits per heavy atom. The number of hydrazine groups is 1. The minimum absolute atomic E-state index is 0.123. The fourth-order valence-electron chi connectivity index (χ4n) is 2.69. The van der Waals surface area contributed by atoms with Gasteiger partial charge in [-0.3, -0.25) is 15.6 Å².